The Morgan fingerprint density at radius 1 is 1.07 bits per heavy atom. The zero-order valence-corrected chi connectivity index (χ0v) is 16.4. The van der Waals surface area contributed by atoms with E-state index < -0.39 is 0 Å². The monoisotopic (exact) mass is 390 g/mol. The quantitative estimate of drug-likeness (QED) is 0.752. The van der Waals surface area contributed by atoms with E-state index in [9.17, 15) is 9.59 Å². The van der Waals surface area contributed by atoms with Crippen molar-refractivity contribution in [3.63, 3.8) is 0 Å². The van der Waals surface area contributed by atoms with Crippen molar-refractivity contribution in [3.8, 4) is 11.5 Å². The number of halogens is 1. The molecule has 0 saturated heterocycles. The number of hydrogen-bond donors (Lipinski definition) is 1. The van der Waals surface area contributed by atoms with Crippen LogP contribution in [-0.4, -0.2) is 39.1 Å². The minimum atomic E-state index is -0.269. The normalized spacial score (nSPS) is 10.2. The molecule has 2 aromatic rings. The number of ether oxygens (including phenoxy) is 2. The summed E-state index contributed by atoms with van der Waals surface area (Å²) in [6.45, 7) is 1.75. The highest BCUT2D eigenvalue weighted by Crippen LogP contribution is 2.32. The molecule has 0 atom stereocenters. The van der Waals surface area contributed by atoms with Crippen molar-refractivity contribution in [2.24, 2.45) is 0 Å². The summed E-state index contributed by atoms with van der Waals surface area (Å²) in [4.78, 5) is 25.8. The van der Waals surface area contributed by atoms with E-state index in [-0.39, 0.29) is 18.4 Å². The van der Waals surface area contributed by atoms with Gasteiger partial charge in [0, 0.05) is 24.6 Å². The number of nitrogens with one attached hydrogen (secondary N) is 1. The Balaban J connectivity index is 2.02. The van der Waals surface area contributed by atoms with Gasteiger partial charge in [-0.2, -0.15) is 0 Å². The second kappa shape index (κ2) is 9.83. The second-order valence-electron chi connectivity index (χ2n) is 5.87. The van der Waals surface area contributed by atoms with Crippen LogP contribution in [0.5, 0.6) is 11.5 Å². The lowest BCUT2D eigenvalue weighted by atomic mass is 10.1. The molecule has 6 nitrogen and oxygen atoms in total. The molecule has 0 radical (unpaired) electrons. The molecule has 0 fully saturated rings. The van der Waals surface area contributed by atoms with Crippen LogP contribution in [0.4, 0.5) is 5.69 Å². The molecular weight excluding hydrogens is 368 g/mol. The number of carbonyl (C=O) groups excluding carboxylic acids is 2. The highest BCUT2D eigenvalue weighted by Gasteiger charge is 2.20. The molecule has 2 amide bonds. The van der Waals surface area contributed by atoms with E-state index in [1.807, 2.05) is 24.3 Å². The van der Waals surface area contributed by atoms with Crippen LogP contribution in [0.3, 0.4) is 0 Å². The van der Waals surface area contributed by atoms with Crippen LogP contribution in [-0.2, 0) is 16.0 Å². The maximum Gasteiger partial charge on any atom is 0.240 e. The first kappa shape index (κ1) is 20.6. The number of carbonyl (C=O) groups is 2. The third-order valence-electron chi connectivity index (χ3n) is 4.01. The first-order valence-corrected chi connectivity index (χ1v) is 8.83. The lowest BCUT2D eigenvalue weighted by molar-refractivity contribution is -0.123. The molecule has 1 N–H and O–H groups in total. The van der Waals surface area contributed by atoms with Gasteiger partial charge in [-0.1, -0.05) is 23.7 Å². The Kier molecular flexibility index (Phi) is 7.49. The third kappa shape index (κ3) is 5.89. The molecule has 0 heterocycles. The fourth-order valence-electron chi connectivity index (χ4n) is 2.57. The number of benzene rings is 2. The van der Waals surface area contributed by atoms with E-state index in [4.69, 9.17) is 21.1 Å². The van der Waals surface area contributed by atoms with Crippen molar-refractivity contribution in [1.82, 2.24) is 5.32 Å². The smallest absolute Gasteiger partial charge is 0.240 e. The zero-order chi connectivity index (χ0) is 19.8. The number of anilines is 1. The topological polar surface area (TPSA) is 67.9 Å². The van der Waals surface area contributed by atoms with Gasteiger partial charge in [-0.3, -0.25) is 14.5 Å². The van der Waals surface area contributed by atoms with Gasteiger partial charge in [0.05, 0.1) is 19.9 Å². The summed E-state index contributed by atoms with van der Waals surface area (Å²) >= 11 is 5.86. The lowest BCUT2D eigenvalue weighted by Crippen LogP contribution is -2.40. The van der Waals surface area contributed by atoms with Crippen LogP contribution in [0.15, 0.2) is 42.5 Å². The van der Waals surface area contributed by atoms with Crippen molar-refractivity contribution in [3.05, 3.63) is 53.1 Å². The molecule has 0 aliphatic heterocycles. The Morgan fingerprint density at radius 2 is 1.78 bits per heavy atom. The molecular formula is C20H23ClN2O4. The third-order valence-corrected chi connectivity index (χ3v) is 4.26. The molecule has 2 rings (SSSR count). The Labute approximate surface area is 164 Å². The van der Waals surface area contributed by atoms with Crippen molar-refractivity contribution < 1.29 is 19.1 Å². The van der Waals surface area contributed by atoms with E-state index in [1.165, 1.54) is 26.0 Å². The predicted octanol–water partition coefficient (Wildman–Crippen LogP) is 3.07. The number of hydrogen-bond acceptors (Lipinski definition) is 4. The zero-order valence-electron chi connectivity index (χ0n) is 15.6. The average Bonchev–Trinajstić information content (AvgIpc) is 2.67. The van der Waals surface area contributed by atoms with Crippen LogP contribution in [0.1, 0.15) is 12.5 Å². The van der Waals surface area contributed by atoms with E-state index in [2.05, 4.69) is 5.32 Å². The van der Waals surface area contributed by atoms with Crippen molar-refractivity contribution in [1.29, 1.82) is 0 Å². The molecule has 0 aromatic heterocycles. The van der Waals surface area contributed by atoms with Crippen molar-refractivity contribution >= 4 is 29.1 Å². The summed E-state index contributed by atoms with van der Waals surface area (Å²) < 4.78 is 10.5. The van der Waals surface area contributed by atoms with Gasteiger partial charge in [-0.05, 0) is 36.2 Å². The molecule has 2 aromatic carbocycles. The van der Waals surface area contributed by atoms with Crippen LogP contribution in [0, 0.1) is 0 Å². The number of methoxy groups -OCH3 is 2. The molecule has 0 spiro atoms. The summed E-state index contributed by atoms with van der Waals surface area (Å²) in [5.41, 5.74) is 1.55. The molecule has 0 aliphatic carbocycles. The molecule has 7 heteroatoms. The maximum absolute atomic E-state index is 12.3. The highest BCUT2D eigenvalue weighted by atomic mass is 35.5. The van der Waals surface area contributed by atoms with Gasteiger partial charge in [0.2, 0.25) is 11.8 Å². The fraction of sp³-hybridized carbons (Fsp3) is 0.300. The van der Waals surface area contributed by atoms with E-state index in [0.29, 0.717) is 35.2 Å². The van der Waals surface area contributed by atoms with Gasteiger partial charge in [-0.25, -0.2) is 0 Å². The van der Waals surface area contributed by atoms with Gasteiger partial charge >= 0.3 is 0 Å². The van der Waals surface area contributed by atoms with E-state index in [1.54, 1.807) is 18.2 Å². The SMILES string of the molecule is COc1ccc(OC)c(N(CC(=O)NCCc2ccc(Cl)cc2)C(C)=O)c1. The van der Waals surface area contributed by atoms with Crippen molar-refractivity contribution in [2.45, 2.75) is 13.3 Å². The summed E-state index contributed by atoms with van der Waals surface area (Å²) in [5, 5.41) is 3.50. The van der Waals surface area contributed by atoms with Crippen LogP contribution >= 0.6 is 11.6 Å². The largest absolute Gasteiger partial charge is 0.497 e. The van der Waals surface area contributed by atoms with Crippen LogP contribution in [0.25, 0.3) is 0 Å². The summed E-state index contributed by atoms with van der Waals surface area (Å²) in [6, 6.07) is 12.5. The molecule has 0 bridgehead atoms. The van der Waals surface area contributed by atoms with Crippen LogP contribution < -0.4 is 19.7 Å². The first-order chi connectivity index (χ1) is 12.9. The molecule has 0 saturated carbocycles. The van der Waals surface area contributed by atoms with E-state index in [0.717, 1.165) is 5.56 Å². The standard InChI is InChI=1S/C20H23ClN2O4/c1-14(24)23(18-12-17(26-2)8-9-19(18)27-3)13-20(25)22-11-10-15-4-6-16(21)7-5-15/h4-9,12H,10-11,13H2,1-3H3,(H,22,25). The minimum absolute atomic E-state index is 0.112. The Bertz CT molecular complexity index is 793. The lowest BCUT2D eigenvalue weighted by Gasteiger charge is -2.23. The van der Waals surface area contributed by atoms with Gasteiger partial charge in [0.25, 0.3) is 0 Å². The summed E-state index contributed by atoms with van der Waals surface area (Å²) in [5.74, 6) is 0.526. The number of nitrogens with zero attached hydrogens (tertiary/aromatic N) is 1. The maximum atomic E-state index is 12.3. The number of amides is 2. The van der Waals surface area contributed by atoms with Gasteiger partial charge in [-0.15, -0.1) is 0 Å². The minimum Gasteiger partial charge on any atom is -0.497 e. The van der Waals surface area contributed by atoms with E-state index >= 15 is 0 Å². The van der Waals surface area contributed by atoms with Gasteiger partial charge < -0.3 is 14.8 Å². The predicted molar refractivity (Wildman–Crippen MR) is 106 cm³/mol. The first-order valence-electron chi connectivity index (χ1n) is 8.46. The van der Waals surface area contributed by atoms with Crippen molar-refractivity contribution in [2.75, 3.05) is 32.2 Å². The van der Waals surface area contributed by atoms with Gasteiger partial charge in [0.1, 0.15) is 18.0 Å². The summed E-state index contributed by atoms with van der Waals surface area (Å²) in [7, 11) is 3.04. The Hall–Kier alpha value is -2.73. The molecule has 144 valence electrons. The molecule has 0 unspecified atom stereocenters. The Morgan fingerprint density at radius 3 is 2.37 bits per heavy atom. The fourth-order valence-corrected chi connectivity index (χ4v) is 2.70. The van der Waals surface area contributed by atoms with Gasteiger partial charge in [0.15, 0.2) is 0 Å². The second-order valence-corrected chi connectivity index (χ2v) is 6.31. The molecule has 27 heavy (non-hydrogen) atoms. The number of rotatable bonds is 8. The molecule has 0 aliphatic rings. The highest BCUT2D eigenvalue weighted by molar-refractivity contribution is 6.30. The average molecular weight is 391 g/mol. The summed E-state index contributed by atoms with van der Waals surface area (Å²) in [6.07, 6.45) is 0.672. The van der Waals surface area contributed by atoms with Crippen LogP contribution in [0.2, 0.25) is 5.02 Å².